The van der Waals surface area contributed by atoms with E-state index in [2.05, 4.69) is 62.2 Å². The van der Waals surface area contributed by atoms with Gasteiger partial charge in [-0.15, -0.1) is 0 Å². The first-order valence-electron chi connectivity index (χ1n) is 12.8. The van der Waals surface area contributed by atoms with Gasteiger partial charge in [-0.3, -0.25) is 4.79 Å². The number of rotatable bonds is 10. The number of benzene rings is 2. The van der Waals surface area contributed by atoms with Gasteiger partial charge < -0.3 is 10.6 Å². The molecule has 1 amide bonds. The molecule has 1 fully saturated rings. The summed E-state index contributed by atoms with van der Waals surface area (Å²) in [5.41, 5.74) is 11.6. The highest BCUT2D eigenvalue weighted by atomic mass is 19.1. The van der Waals surface area contributed by atoms with Gasteiger partial charge >= 0.3 is 0 Å². The van der Waals surface area contributed by atoms with Crippen molar-refractivity contribution in [3.8, 4) is 11.1 Å². The molecule has 4 atom stereocenters. The second-order valence-electron chi connectivity index (χ2n) is 9.83. The Balaban J connectivity index is 1.55. The lowest BCUT2D eigenvalue weighted by Gasteiger charge is -2.29. The molecule has 4 nitrogen and oxygen atoms in total. The summed E-state index contributed by atoms with van der Waals surface area (Å²) in [6.45, 7) is 6.88. The Bertz CT molecular complexity index is 1130. The molecule has 1 saturated carbocycles. The Morgan fingerprint density at radius 2 is 1.71 bits per heavy atom. The zero-order valence-electron chi connectivity index (χ0n) is 21.0. The second-order valence-corrected chi connectivity index (χ2v) is 9.83. The average molecular weight is 474 g/mol. The summed E-state index contributed by atoms with van der Waals surface area (Å²) in [6.07, 6.45) is 3.86. The van der Waals surface area contributed by atoms with E-state index in [4.69, 9.17) is 5.73 Å². The Hall–Kier alpha value is -3.05. The van der Waals surface area contributed by atoms with Crippen molar-refractivity contribution in [3.63, 3.8) is 0 Å². The molecule has 0 aliphatic heterocycles. The van der Waals surface area contributed by atoms with Crippen molar-refractivity contribution in [2.75, 3.05) is 11.4 Å². The fraction of sp³-hybridized carbons (Fsp3) is 0.400. The number of aromatic nitrogens is 1. The number of carbonyl (C=O) groups is 1. The van der Waals surface area contributed by atoms with Crippen LogP contribution in [0.15, 0.2) is 66.7 Å². The maximum Gasteiger partial charge on any atom is 0.230 e. The van der Waals surface area contributed by atoms with Gasteiger partial charge in [-0.2, -0.15) is 4.39 Å². The lowest BCUT2D eigenvalue weighted by Crippen LogP contribution is -2.45. The number of aryl methyl sites for hydroxylation is 1. The molecule has 1 aliphatic rings. The normalized spacial score (nSPS) is 18.7. The minimum absolute atomic E-state index is 0.0384. The molecule has 4 unspecified atom stereocenters. The first-order chi connectivity index (χ1) is 16.9. The predicted octanol–water partition coefficient (Wildman–Crippen LogP) is 6.35. The minimum Gasteiger partial charge on any atom is -0.326 e. The van der Waals surface area contributed by atoms with E-state index in [-0.39, 0.29) is 23.8 Å². The van der Waals surface area contributed by atoms with E-state index in [0.717, 1.165) is 36.1 Å². The molecule has 35 heavy (non-hydrogen) atoms. The van der Waals surface area contributed by atoms with E-state index >= 15 is 0 Å². The van der Waals surface area contributed by atoms with Crippen LogP contribution in [0.4, 0.5) is 10.1 Å². The number of pyridine rings is 1. The number of halogens is 1. The van der Waals surface area contributed by atoms with Gasteiger partial charge in [-0.25, -0.2) is 4.98 Å². The van der Waals surface area contributed by atoms with E-state index in [0.29, 0.717) is 24.6 Å². The number of hydrogen-bond donors (Lipinski definition) is 1. The van der Waals surface area contributed by atoms with Crippen LogP contribution in [0.3, 0.4) is 0 Å². The van der Waals surface area contributed by atoms with Gasteiger partial charge in [0.15, 0.2) is 0 Å². The van der Waals surface area contributed by atoms with Gasteiger partial charge in [0.1, 0.15) is 0 Å². The standard InChI is InChI=1S/C30H36FN3O/c1-4-7-21-10-12-22(13-11-21)23-14-16-24(17-15-23)34(19-27(32)20(3)5-2)30(35)26-18-25(26)28-8-6-9-29(31)33-28/h6,8-17,20,25-27H,4-5,7,18-19,32H2,1-3H3. The van der Waals surface area contributed by atoms with Crippen LogP contribution in [0.25, 0.3) is 11.1 Å². The minimum atomic E-state index is -0.505. The summed E-state index contributed by atoms with van der Waals surface area (Å²) in [5.74, 6) is -0.405. The van der Waals surface area contributed by atoms with Crippen LogP contribution in [0, 0.1) is 17.8 Å². The van der Waals surface area contributed by atoms with Crippen molar-refractivity contribution in [2.24, 2.45) is 17.6 Å². The Morgan fingerprint density at radius 3 is 2.31 bits per heavy atom. The first-order valence-corrected chi connectivity index (χ1v) is 12.8. The van der Waals surface area contributed by atoms with Gasteiger partial charge in [0.25, 0.3) is 0 Å². The molecule has 2 N–H and O–H groups in total. The highest BCUT2D eigenvalue weighted by molar-refractivity contribution is 5.97. The Morgan fingerprint density at radius 1 is 1.06 bits per heavy atom. The molecule has 1 aliphatic carbocycles. The lowest BCUT2D eigenvalue weighted by molar-refractivity contribution is -0.120. The number of nitrogens with two attached hydrogens (primary N) is 1. The Labute approximate surface area is 208 Å². The zero-order chi connectivity index (χ0) is 24.9. The molecule has 0 radical (unpaired) electrons. The summed E-state index contributed by atoms with van der Waals surface area (Å²) < 4.78 is 13.6. The second kappa shape index (κ2) is 11.1. The molecule has 0 bridgehead atoms. The highest BCUT2D eigenvalue weighted by Crippen LogP contribution is 2.48. The molecule has 2 aromatic carbocycles. The van der Waals surface area contributed by atoms with E-state index in [1.54, 1.807) is 12.1 Å². The molecule has 4 rings (SSSR count). The van der Waals surface area contributed by atoms with Crippen LogP contribution < -0.4 is 10.6 Å². The van der Waals surface area contributed by atoms with Crippen LogP contribution in [-0.4, -0.2) is 23.5 Å². The van der Waals surface area contributed by atoms with Gasteiger partial charge in [0.2, 0.25) is 11.9 Å². The van der Waals surface area contributed by atoms with Gasteiger partial charge in [0.05, 0.1) is 0 Å². The summed E-state index contributed by atoms with van der Waals surface area (Å²) in [7, 11) is 0. The SMILES string of the molecule is CCCc1ccc(-c2ccc(N(CC(N)C(C)CC)C(=O)C3CC3c3cccc(F)n3)cc2)cc1. The third-order valence-electron chi connectivity index (χ3n) is 7.26. The molecular weight excluding hydrogens is 437 g/mol. The molecule has 0 spiro atoms. The third kappa shape index (κ3) is 5.96. The summed E-state index contributed by atoms with van der Waals surface area (Å²) in [5, 5.41) is 0. The van der Waals surface area contributed by atoms with Crippen LogP contribution in [0.2, 0.25) is 0 Å². The van der Waals surface area contributed by atoms with Crippen molar-refractivity contribution in [3.05, 3.63) is 83.9 Å². The number of nitrogens with zero attached hydrogens (tertiary/aromatic N) is 2. The number of amides is 1. The first kappa shape index (κ1) is 25.1. The van der Waals surface area contributed by atoms with Crippen LogP contribution in [0.1, 0.15) is 57.2 Å². The van der Waals surface area contributed by atoms with Crippen molar-refractivity contribution < 1.29 is 9.18 Å². The predicted molar refractivity (Wildman–Crippen MR) is 141 cm³/mol. The van der Waals surface area contributed by atoms with Crippen LogP contribution >= 0.6 is 0 Å². The molecule has 3 aromatic rings. The van der Waals surface area contributed by atoms with E-state index < -0.39 is 5.95 Å². The lowest BCUT2D eigenvalue weighted by atomic mass is 9.98. The monoisotopic (exact) mass is 473 g/mol. The number of carbonyl (C=O) groups excluding carboxylic acids is 1. The molecular formula is C30H36FN3O. The van der Waals surface area contributed by atoms with Crippen molar-refractivity contribution >= 4 is 11.6 Å². The molecule has 5 heteroatoms. The Kier molecular flexibility index (Phi) is 7.97. The van der Waals surface area contributed by atoms with E-state index in [9.17, 15) is 9.18 Å². The summed E-state index contributed by atoms with van der Waals surface area (Å²) in [4.78, 5) is 19.5. The van der Waals surface area contributed by atoms with Crippen molar-refractivity contribution in [1.29, 1.82) is 0 Å². The van der Waals surface area contributed by atoms with E-state index in [1.165, 1.54) is 11.6 Å². The van der Waals surface area contributed by atoms with Crippen LogP contribution in [0.5, 0.6) is 0 Å². The quantitative estimate of drug-likeness (QED) is 0.349. The number of anilines is 1. The maximum atomic E-state index is 13.6. The summed E-state index contributed by atoms with van der Waals surface area (Å²) >= 11 is 0. The maximum absolute atomic E-state index is 13.6. The third-order valence-corrected chi connectivity index (χ3v) is 7.26. The molecule has 1 aromatic heterocycles. The van der Waals surface area contributed by atoms with Gasteiger partial charge in [-0.05, 0) is 59.7 Å². The largest absolute Gasteiger partial charge is 0.326 e. The fourth-order valence-electron chi connectivity index (χ4n) is 4.63. The van der Waals surface area contributed by atoms with Crippen molar-refractivity contribution in [1.82, 2.24) is 4.98 Å². The molecule has 184 valence electrons. The topological polar surface area (TPSA) is 59.2 Å². The summed E-state index contributed by atoms with van der Waals surface area (Å²) in [6, 6.07) is 21.5. The number of hydrogen-bond acceptors (Lipinski definition) is 3. The van der Waals surface area contributed by atoms with Gasteiger partial charge in [0, 0.05) is 35.8 Å². The zero-order valence-corrected chi connectivity index (χ0v) is 21.0. The molecule has 0 saturated heterocycles. The van der Waals surface area contributed by atoms with E-state index in [1.807, 2.05) is 17.0 Å². The fourth-order valence-corrected chi connectivity index (χ4v) is 4.63. The van der Waals surface area contributed by atoms with Gasteiger partial charge in [-0.1, -0.05) is 76.1 Å². The van der Waals surface area contributed by atoms with Crippen LogP contribution in [-0.2, 0) is 11.2 Å². The van der Waals surface area contributed by atoms with Crippen molar-refractivity contribution in [2.45, 2.75) is 58.4 Å². The average Bonchev–Trinajstić information content (AvgIpc) is 3.68. The highest BCUT2D eigenvalue weighted by Gasteiger charge is 2.47. The smallest absolute Gasteiger partial charge is 0.230 e. The molecule has 1 heterocycles.